The van der Waals surface area contributed by atoms with Crippen molar-refractivity contribution in [3.63, 3.8) is 0 Å². The van der Waals surface area contributed by atoms with Gasteiger partial charge in [-0.3, -0.25) is 19.2 Å². The number of Topliss-reactive ketones (excluding diaryl/α,β-unsaturated/α-hetero) is 4. The van der Waals surface area contributed by atoms with Crippen LogP contribution in [0.25, 0.3) is 74.6 Å². The quantitative estimate of drug-likeness (QED) is 0.0813. The number of carbonyl (C=O) groups excluding carboxylic acids is 7. The molecule has 2 aliphatic carbocycles. The molecule has 0 aliphatic heterocycles. The molecule has 5 aromatic heterocycles. The highest BCUT2D eigenvalue weighted by Gasteiger charge is 2.38. The third-order valence-electron chi connectivity index (χ3n) is 14.4. The number of thiophene rings is 2. The first-order chi connectivity index (χ1) is 38.6. The predicted molar refractivity (Wildman–Crippen MR) is 303 cm³/mol. The number of ether oxygens (including phenoxy) is 3. The van der Waals surface area contributed by atoms with Gasteiger partial charge < -0.3 is 14.2 Å². The zero-order valence-corrected chi connectivity index (χ0v) is 42.9. The van der Waals surface area contributed by atoms with E-state index < -0.39 is 41.4 Å². The second kappa shape index (κ2) is 18.6. The van der Waals surface area contributed by atoms with E-state index in [1.54, 1.807) is 72.8 Å². The van der Waals surface area contributed by atoms with Gasteiger partial charge in [0.2, 0.25) is 0 Å². The summed E-state index contributed by atoms with van der Waals surface area (Å²) in [6.45, 7) is -0.439. The van der Waals surface area contributed by atoms with Gasteiger partial charge in [-0.25, -0.2) is 28.1 Å². The Kier molecular flexibility index (Phi) is 11.1. The van der Waals surface area contributed by atoms with E-state index in [2.05, 4.69) is 0 Å². The summed E-state index contributed by atoms with van der Waals surface area (Å²) >= 11 is 2.50. The molecule has 0 spiro atoms. The molecule has 12 aromatic rings. The number of allylic oxidation sites excluding steroid dienone is 2. The standard InChI is InChI=1S/C64H37N3O10S2/c68-56-44-24-38-20-10-11-21-39(38)25-45(44)57(69)48(56)28-42-30-50-52(65(42)62(72)75-32-35-14-4-1-5-15-35)54-60(78-50)61-55(67(54)64(74)77-34-37-18-8-3-9-19-37)53-51(79-61)31-43(66(53)63(73)76-33-36-16-6-2-7-17-36)29-49-58(70)46-26-40-22-12-13-23-41(40)27-47(46)59(49)71/h1-31H,32-34H2. The summed E-state index contributed by atoms with van der Waals surface area (Å²) in [5.74, 6) is -2.04. The highest BCUT2D eigenvalue weighted by molar-refractivity contribution is 7.33. The molecule has 0 saturated heterocycles. The van der Waals surface area contributed by atoms with Crippen LogP contribution in [-0.4, -0.2) is 55.1 Å². The number of nitrogens with zero attached hydrogens (tertiary/aromatic N) is 3. The molecule has 0 atom stereocenters. The smallest absolute Gasteiger partial charge is 0.419 e. The van der Waals surface area contributed by atoms with Crippen LogP contribution in [0.15, 0.2) is 187 Å². The average Bonchev–Trinajstić information content (AvgIpc) is 4.49. The van der Waals surface area contributed by atoms with Crippen LogP contribution in [0.3, 0.4) is 0 Å². The summed E-state index contributed by atoms with van der Waals surface area (Å²) in [7, 11) is 0. The van der Waals surface area contributed by atoms with E-state index >= 15 is 4.79 Å². The van der Waals surface area contributed by atoms with E-state index in [-0.39, 0.29) is 86.7 Å². The maximum atomic E-state index is 15.3. The molecule has 0 saturated carbocycles. The lowest BCUT2D eigenvalue weighted by Crippen LogP contribution is -2.18. The largest absolute Gasteiger partial charge is 0.444 e. The highest BCUT2D eigenvalue weighted by Crippen LogP contribution is 2.49. The van der Waals surface area contributed by atoms with Crippen LogP contribution in [0, 0.1) is 0 Å². The molecule has 14 rings (SSSR count). The van der Waals surface area contributed by atoms with E-state index in [9.17, 15) is 28.8 Å². The van der Waals surface area contributed by atoms with Crippen LogP contribution in [0.2, 0.25) is 0 Å². The minimum atomic E-state index is -0.869. The number of hydrogen-bond donors (Lipinski definition) is 0. The molecule has 0 radical (unpaired) electrons. The molecule has 0 fully saturated rings. The molecule has 15 heteroatoms. The fourth-order valence-electron chi connectivity index (χ4n) is 10.7. The minimum Gasteiger partial charge on any atom is -0.444 e. The number of ketones is 4. The van der Waals surface area contributed by atoms with Gasteiger partial charge in [0.05, 0.1) is 63.4 Å². The molecule has 79 heavy (non-hydrogen) atoms. The number of aromatic nitrogens is 3. The lowest BCUT2D eigenvalue weighted by atomic mass is 10.0. The van der Waals surface area contributed by atoms with Gasteiger partial charge in [-0.05, 0) is 86.8 Å². The molecule has 0 bridgehead atoms. The molecule has 5 heterocycles. The molecule has 13 nitrogen and oxygen atoms in total. The van der Waals surface area contributed by atoms with Crippen LogP contribution in [0.5, 0.6) is 0 Å². The van der Waals surface area contributed by atoms with Crippen molar-refractivity contribution in [3.05, 3.63) is 237 Å². The number of fused-ring (bicyclic) bond motifs is 11. The van der Waals surface area contributed by atoms with Crippen LogP contribution in [0.4, 0.5) is 14.4 Å². The topological polar surface area (TPSA) is 162 Å². The first kappa shape index (κ1) is 47.4. The Morgan fingerprint density at radius 3 is 0.975 bits per heavy atom. The zero-order chi connectivity index (χ0) is 53.6. The van der Waals surface area contributed by atoms with Gasteiger partial charge in [0.15, 0.2) is 23.1 Å². The third-order valence-corrected chi connectivity index (χ3v) is 16.8. The van der Waals surface area contributed by atoms with Crippen LogP contribution >= 0.6 is 22.7 Å². The Morgan fingerprint density at radius 2 is 0.658 bits per heavy atom. The van der Waals surface area contributed by atoms with Gasteiger partial charge in [0.1, 0.15) is 19.8 Å². The minimum absolute atomic E-state index is 0.135. The first-order valence-corrected chi connectivity index (χ1v) is 26.7. The Labute approximate surface area is 455 Å². The molecule has 380 valence electrons. The highest BCUT2D eigenvalue weighted by atomic mass is 32.1. The second-order valence-electron chi connectivity index (χ2n) is 19.2. The van der Waals surface area contributed by atoms with Crippen LogP contribution in [-0.2, 0) is 34.0 Å². The van der Waals surface area contributed by atoms with Gasteiger partial charge in [-0.1, -0.05) is 140 Å². The van der Waals surface area contributed by atoms with E-state index in [0.29, 0.717) is 35.5 Å². The maximum absolute atomic E-state index is 15.3. The number of rotatable bonds is 8. The number of hydrogen-bond acceptors (Lipinski definition) is 12. The van der Waals surface area contributed by atoms with Crippen molar-refractivity contribution < 1.29 is 47.8 Å². The predicted octanol–water partition coefficient (Wildman–Crippen LogP) is 14.6. The Bertz CT molecular complexity index is 4360. The SMILES string of the molecule is O=C1C(=Cc2cc3sc4c5sc6cc(C=C7C(=O)c8cc9ccccc9cc8C7=O)n(C(=O)OCc7ccccc7)c6c5n(C(=O)OCc5ccccc5)c4c3n2C(=O)OCc2ccccc2)C(=O)c2cc3ccccc3cc21. The molecule has 0 N–H and O–H groups in total. The second-order valence-corrected chi connectivity index (χ2v) is 21.3. The molecule has 7 aromatic carbocycles. The van der Waals surface area contributed by atoms with Gasteiger partial charge in [-0.15, -0.1) is 22.7 Å². The molecule has 2 aliphatic rings. The molecule has 0 unspecified atom stereocenters. The third kappa shape index (κ3) is 7.77. The summed E-state index contributed by atoms with van der Waals surface area (Å²) < 4.78 is 24.1. The summed E-state index contributed by atoms with van der Waals surface area (Å²) in [5.41, 5.74) is 3.83. The molecule has 0 amide bonds. The number of benzene rings is 7. The van der Waals surface area contributed by atoms with Gasteiger partial charge in [0, 0.05) is 22.3 Å². The van der Waals surface area contributed by atoms with Crippen molar-refractivity contribution in [3.8, 4) is 0 Å². The van der Waals surface area contributed by atoms with Crippen LogP contribution in [0.1, 0.15) is 69.5 Å². The maximum Gasteiger partial charge on any atom is 0.419 e. The summed E-state index contributed by atoms with van der Waals surface area (Å²) in [5, 5.41) is 3.14. The monoisotopic (exact) mass is 1070 g/mol. The zero-order valence-electron chi connectivity index (χ0n) is 41.3. The van der Waals surface area contributed by atoms with Gasteiger partial charge >= 0.3 is 18.3 Å². The first-order valence-electron chi connectivity index (χ1n) is 25.1. The average molecular weight is 1070 g/mol. The normalized spacial score (nSPS) is 13.2. The summed E-state index contributed by atoms with van der Waals surface area (Å²) in [6.07, 6.45) is 0.170. The van der Waals surface area contributed by atoms with Crippen molar-refractivity contribution in [1.29, 1.82) is 0 Å². The fourth-order valence-corrected chi connectivity index (χ4v) is 13.3. The molecular weight excluding hydrogens is 1030 g/mol. The fraction of sp³-hybridized carbons (Fsp3) is 0.0469. The Balaban J connectivity index is 0.995. The van der Waals surface area contributed by atoms with Crippen LogP contribution < -0.4 is 0 Å². The van der Waals surface area contributed by atoms with E-state index in [0.717, 1.165) is 21.5 Å². The van der Waals surface area contributed by atoms with Gasteiger partial charge in [-0.2, -0.15) is 0 Å². The molecular formula is C64H37N3O10S2. The van der Waals surface area contributed by atoms with Crippen molar-refractivity contribution in [2.45, 2.75) is 19.8 Å². The lowest BCUT2D eigenvalue weighted by Gasteiger charge is -2.12. The Hall–Kier alpha value is -10.1. The summed E-state index contributed by atoms with van der Waals surface area (Å²) in [4.78, 5) is 102. The van der Waals surface area contributed by atoms with Crippen molar-refractivity contribution in [2.24, 2.45) is 0 Å². The van der Waals surface area contributed by atoms with Crippen molar-refractivity contribution in [2.75, 3.05) is 0 Å². The number of carbonyl (C=O) groups is 7. The van der Waals surface area contributed by atoms with Crippen molar-refractivity contribution in [1.82, 2.24) is 13.7 Å². The van der Waals surface area contributed by atoms with E-state index in [1.165, 1.54) is 48.5 Å². The van der Waals surface area contributed by atoms with Gasteiger partial charge in [0.25, 0.3) is 0 Å². The van der Waals surface area contributed by atoms with E-state index in [1.807, 2.05) is 103 Å². The van der Waals surface area contributed by atoms with Crippen molar-refractivity contribution >= 4 is 139 Å². The lowest BCUT2D eigenvalue weighted by molar-refractivity contribution is 0.0975. The van der Waals surface area contributed by atoms with E-state index in [4.69, 9.17) is 14.2 Å². The summed E-state index contributed by atoms with van der Waals surface area (Å²) in [6, 6.07) is 52.2. The Morgan fingerprint density at radius 1 is 0.367 bits per heavy atom.